The molecule has 5 heteroatoms. The summed E-state index contributed by atoms with van der Waals surface area (Å²) in [7, 11) is 0. The number of unbranched alkanes of at least 4 members (excludes halogenated alkanes) is 2. The normalized spacial score (nSPS) is 16.6. The van der Waals surface area contributed by atoms with E-state index in [1.54, 1.807) is 12.3 Å². The Balaban J connectivity index is 1.76. The third kappa shape index (κ3) is 4.09. The first kappa shape index (κ1) is 26.0. The topological polar surface area (TPSA) is 47.4 Å². The molecule has 0 saturated carbocycles. The molecule has 2 aromatic heterocycles. The Kier molecular flexibility index (Phi) is 7.29. The highest BCUT2D eigenvalue weighted by Gasteiger charge is 2.52. The molecule has 3 heterocycles. The van der Waals surface area contributed by atoms with Gasteiger partial charge in [-0.3, -0.25) is 4.98 Å². The Hall–Kier alpha value is -3.60. The van der Waals surface area contributed by atoms with Gasteiger partial charge in [0.1, 0.15) is 0 Å². The van der Waals surface area contributed by atoms with E-state index in [2.05, 4.69) is 91.5 Å². The van der Waals surface area contributed by atoms with Crippen LogP contribution in [-0.2, 0) is 16.9 Å². The average molecular weight is 510 g/mol. The first-order valence-electron chi connectivity index (χ1n) is 14.1. The van der Waals surface area contributed by atoms with E-state index in [0.717, 1.165) is 58.5 Å². The van der Waals surface area contributed by atoms with Crippen LogP contribution >= 0.6 is 0 Å². The standard InChI is InChI=1S/C33H39N3O2/c1-6-9-19-35(20-10-7-2)25-15-16-28(23(4)21-25)33(29-22-34-18-17-26(29)32(37)38-33)31-24(5)36(8-3)30-14-12-11-13-27(30)31/h11-18,21-22H,6-10,19-20H2,1-5H3. The Morgan fingerprint density at radius 2 is 1.68 bits per heavy atom. The second-order valence-corrected chi connectivity index (χ2v) is 10.4. The van der Waals surface area contributed by atoms with Crippen LogP contribution in [0.4, 0.5) is 5.69 Å². The van der Waals surface area contributed by atoms with Crippen molar-refractivity contribution in [3.8, 4) is 0 Å². The van der Waals surface area contributed by atoms with Crippen LogP contribution in [0.15, 0.2) is 60.9 Å². The van der Waals surface area contributed by atoms with Gasteiger partial charge in [-0.2, -0.15) is 0 Å². The lowest BCUT2D eigenvalue weighted by molar-refractivity contribution is 0.0251. The van der Waals surface area contributed by atoms with Crippen molar-refractivity contribution in [3.63, 3.8) is 0 Å². The predicted octanol–water partition coefficient (Wildman–Crippen LogP) is 7.54. The third-order valence-electron chi connectivity index (χ3n) is 8.08. The number of carbonyl (C=O) groups excluding carboxylic acids is 1. The molecule has 0 saturated heterocycles. The molecule has 5 rings (SSSR count). The zero-order chi connectivity index (χ0) is 26.9. The molecule has 1 unspecified atom stereocenters. The number of ether oxygens (including phenoxy) is 1. The quantitative estimate of drug-likeness (QED) is 0.207. The SMILES string of the molecule is CCCCN(CCCC)c1ccc(C2(c3c(C)n(CC)c4ccccc34)OC(=O)c3ccncc32)c(C)c1. The van der Waals surface area contributed by atoms with Crippen LogP contribution < -0.4 is 4.90 Å². The fourth-order valence-corrected chi connectivity index (χ4v) is 6.21. The Labute approximate surface area is 226 Å². The van der Waals surface area contributed by atoms with Gasteiger partial charge in [0.25, 0.3) is 0 Å². The van der Waals surface area contributed by atoms with Gasteiger partial charge in [-0.05, 0) is 63.4 Å². The molecular weight excluding hydrogens is 470 g/mol. The van der Waals surface area contributed by atoms with E-state index in [4.69, 9.17) is 4.74 Å². The largest absolute Gasteiger partial charge is 0.440 e. The Morgan fingerprint density at radius 1 is 0.947 bits per heavy atom. The maximum Gasteiger partial charge on any atom is 0.340 e. The van der Waals surface area contributed by atoms with Crippen molar-refractivity contribution in [2.24, 2.45) is 0 Å². The molecule has 5 nitrogen and oxygen atoms in total. The summed E-state index contributed by atoms with van der Waals surface area (Å²) in [6.45, 7) is 13.9. The number of nitrogens with zero attached hydrogens (tertiary/aromatic N) is 3. The lowest BCUT2D eigenvalue weighted by Gasteiger charge is -2.33. The highest BCUT2D eigenvalue weighted by Crippen LogP contribution is 2.51. The molecule has 0 amide bonds. The van der Waals surface area contributed by atoms with Crippen molar-refractivity contribution >= 4 is 22.6 Å². The van der Waals surface area contributed by atoms with E-state index in [9.17, 15) is 4.79 Å². The lowest BCUT2D eigenvalue weighted by Crippen LogP contribution is -2.32. The third-order valence-corrected chi connectivity index (χ3v) is 8.08. The van der Waals surface area contributed by atoms with Crippen LogP contribution in [0.5, 0.6) is 0 Å². The van der Waals surface area contributed by atoms with Crippen LogP contribution in [0.25, 0.3) is 10.9 Å². The van der Waals surface area contributed by atoms with E-state index in [1.807, 2.05) is 6.20 Å². The number of benzene rings is 2. The smallest absolute Gasteiger partial charge is 0.340 e. The fraction of sp³-hybridized carbons (Fsp3) is 0.394. The molecule has 1 atom stereocenters. The number of hydrogen-bond donors (Lipinski definition) is 0. The number of carbonyl (C=O) groups is 1. The maximum absolute atomic E-state index is 13.4. The summed E-state index contributed by atoms with van der Waals surface area (Å²) in [4.78, 5) is 20.4. The molecule has 4 aromatic rings. The molecule has 198 valence electrons. The van der Waals surface area contributed by atoms with Crippen molar-refractivity contribution in [1.82, 2.24) is 9.55 Å². The molecule has 0 N–H and O–H groups in total. The second-order valence-electron chi connectivity index (χ2n) is 10.4. The summed E-state index contributed by atoms with van der Waals surface area (Å²) in [6.07, 6.45) is 8.17. The van der Waals surface area contributed by atoms with Gasteiger partial charge in [0.05, 0.1) is 5.56 Å². The zero-order valence-electron chi connectivity index (χ0n) is 23.4. The molecule has 1 aliphatic rings. The van der Waals surface area contributed by atoms with Gasteiger partial charge in [-0.15, -0.1) is 0 Å². The summed E-state index contributed by atoms with van der Waals surface area (Å²) in [5, 5.41) is 1.10. The van der Waals surface area contributed by atoms with Gasteiger partial charge in [-0.25, -0.2) is 4.79 Å². The van der Waals surface area contributed by atoms with Crippen LogP contribution in [0.3, 0.4) is 0 Å². The summed E-state index contributed by atoms with van der Waals surface area (Å²) in [6, 6.07) is 16.9. The predicted molar refractivity (Wildman–Crippen MR) is 155 cm³/mol. The molecule has 38 heavy (non-hydrogen) atoms. The summed E-state index contributed by atoms with van der Waals surface area (Å²) >= 11 is 0. The van der Waals surface area contributed by atoms with E-state index < -0.39 is 5.60 Å². The monoisotopic (exact) mass is 509 g/mol. The van der Waals surface area contributed by atoms with Crippen LogP contribution in [0.1, 0.15) is 84.8 Å². The van der Waals surface area contributed by atoms with Crippen molar-refractivity contribution < 1.29 is 9.53 Å². The minimum atomic E-state index is -1.06. The van der Waals surface area contributed by atoms with Gasteiger partial charge < -0.3 is 14.2 Å². The molecule has 0 spiro atoms. The number of esters is 1. The average Bonchev–Trinajstić information content (AvgIpc) is 3.39. The van der Waals surface area contributed by atoms with Gasteiger partial charge in [-0.1, -0.05) is 51.0 Å². The number of aromatic nitrogens is 2. The van der Waals surface area contributed by atoms with E-state index >= 15 is 0 Å². The molecule has 0 radical (unpaired) electrons. The van der Waals surface area contributed by atoms with Crippen LogP contribution in [-0.4, -0.2) is 28.6 Å². The molecule has 1 aliphatic heterocycles. The number of rotatable bonds is 10. The maximum atomic E-state index is 13.4. The summed E-state index contributed by atoms with van der Waals surface area (Å²) in [5.41, 5.74) is 6.95. The van der Waals surface area contributed by atoms with E-state index in [-0.39, 0.29) is 5.97 Å². The van der Waals surface area contributed by atoms with Crippen molar-refractivity contribution in [2.45, 2.75) is 72.4 Å². The first-order chi connectivity index (χ1) is 18.5. The Bertz CT molecular complexity index is 1460. The van der Waals surface area contributed by atoms with Crippen molar-refractivity contribution in [2.75, 3.05) is 18.0 Å². The number of aryl methyl sites for hydroxylation is 2. The van der Waals surface area contributed by atoms with Crippen molar-refractivity contribution in [1.29, 1.82) is 0 Å². The lowest BCUT2D eigenvalue weighted by atomic mass is 9.77. The summed E-state index contributed by atoms with van der Waals surface area (Å²) in [5.74, 6) is -0.300. The van der Waals surface area contributed by atoms with Gasteiger partial charge in [0.15, 0.2) is 5.60 Å². The molecule has 0 bridgehead atoms. The fourth-order valence-electron chi connectivity index (χ4n) is 6.21. The molecule has 0 aliphatic carbocycles. The van der Waals surface area contributed by atoms with Gasteiger partial charge >= 0.3 is 5.97 Å². The van der Waals surface area contributed by atoms with Crippen LogP contribution in [0.2, 0.25) is 0 Å². The number of pyridine rings is 1. The molecule has 2 aromatic carbocycles. The molecular formula is C33H39N3O2. The highest BCUT2D eigenvalue weighted by atomic mass is 16.6. The van der Waals surface area contributed by atoms with Gasteiger partial charge in [0, 0.05) is 71.0 Å². The minimum absolute atomic E-state index is 0.300. The van der Waals surface area contributed by atoms with Crippen LogP contribution in [0, 0.1) is 13.8 Å². The molecule has 0 fully saturated rings. The number of hydrogen-bond acceptors (Lipinski definition) is 4. The number of anilines is 1. The number of fused-ring (bicyclic) bond motifs is 2. The first-order valence-corrected chi connectivity index (χ1v) is 14.1. The van der Waals surface area contributed by atoms with Gasteiger partial charge in [0.2, 0.25) is 0 Å². The van der Waals surface area contributed by atoms with E-state index in [0.29, 0.717) is 5.56 Å². The second kappa shape index (κ2) is 10.6. The van der Waals surface area contributed by atoms with Crippen molar-refractivity contribution in [3.05, 3.63) is 94.4 Å². The Morgan fingerprint density at radius 3 is 2.37 bits per heavy atom. The zero-order valence-corrected chi connectivity index (χ0v) is 23.4. The number of para-hydroxylation sites is 1. The highest BCUT2D eigenvalue weighted by molar-refractivity contribution is 5.98. The minimum Gasteiger partial charge on any atom is -0.440 e. The summed E-state index contributed by atoms with van der Waals surface area (Å²) < 4.78 is 8.86. The number of cyclic esters (lactones) is 1. The van der Waals surface area contributed by atoms with E-state index in [1.165, 1.54) is 31.4 Å².